The Morgan fingerprint density at radius 3 is 2.41 bits per heavy atom. The number of esters is 1. The van der Waals surface area contributed by atoms with E-state index in [1.165, 1.54) is 0 Å². The van der Waals surface area contributed by atoms with Crippen LogP contribution in [0.5, 0.6) is 0 Å². The van der Waals surface area contributed by atoms with E-state index in [1.54, 1.807) is 30.3 Å². The van der Waals surface area contributed by atoms with Crippen LogP contribution < -0.4 is 4.72 Å². The van der Waals surface area contributed by atoms with Crippen LogP contribution in [-0.2, 0) is 15.7 Å². The molecule has 0 aromatic heterocycles. The summed E-state index contributed by atoms with van der Waals surface area (Å²) >= 11 is 3.46. The maximum atomic E-state index is 12.7. The quantitative estimate of drug-likeness (QED) is 0.480. The molecule has 0 fully saturated rings. The van der Waals surface area contributed by atoms with E-state index in [1.807, 2.05) is 51.1 Å². The zero-order valence-corrected chi connectivity index (χ0v) is 18.0. The Morgan fingerprint density at radius 2 is 1.85 bits per heavy atom. The largest absolute Gasteiger partial charge is 0.452 e. The molecule has 2 rings (SSSR count). The molecular weight excluding hydrogens is 426 g/mol. The standard InChI is InChI=1S/C21H24BrNO3S/c1-5-18(26-20(24)15-10-7-6-8-11-15)19(23-27(25)21(2,3)4)16-12-9-13-17(22)14-16/h5-14,18-19,23H,1H2,2-4H3/t18-,19+,27?/m1/s1. The van der Waals surface area contributed by atoms with Crippen LogP contribution in [0, 0.1) is 0 Å². The van der Waals surface area contributed by atoms with E-state index >= 15 is 0 Å². The van der Waals surface area contributed by atoms with Crippen molar-refractivity contribution < 1.29 is 13.7 Å². The van der Waals surface area contributed by atoms with Crippen LogP contribution >= 0.6 is 15.9 Å². The first kappa shape index (κ1) is 21.5. The summed E-state index contributed by atoms with van der Waals surface area (Å²) in [6.07, 6.45) is 0.859. The first-order valence-electron chi connectivity index (χ1n) is 8.54. The highest BCUT2D eigenvalue weighted by atomic mass is 79.9. The predicted molar refractivity (Wildman–Crippen MR) is 114 cm³/mol. The molecule has 1 unspecified atom stereocenters. The van der Waals surface area contributed by atoms with Crippen molar-refractivity contribution >= 4 is 32.9 Å². The number of benzene rings is 2. The monoisotopic (exact) mass is 449 g/mol. The van der Waals surface area contributed by atoms with Crippen molar-refractivity contribution in [2.75, 3.05) is 0 Å². The first-order chi connectivity index (χ1) is 12.7. The zero-order chi connectivity index (χ0) is 20.0. The van der Waals surface area contributed by atoms with Gasteiger partial charge in [0.15, 0.2) is 0 Å². The van der Waals surface area contributed by atoms with E-state index in [9.17, 15) is 9.00 Å². The van der Waals surface area contributed by atoms with Crippen molar-refractivity contribution in [3.63, 3.8) is 0 Å². The molecular formula is C21H24BrNO3S. The van der Waals surface area contributed by atoms with Crippen molar-refractivity contribution in [3.05, 3.63) is 82.9 Å². The number of halogens is 1. The van der Waals surface area contributed by atoms with Crippen LogP contribution in [0.1, 0.15) is 42.7 Å². The smallest absolute Gasteiger partial charge is 0.338 e. The van der Waals surface area contributed by atoms with Crippen LogP contribution in [-0.4, -0.2) is 21.0 Å². The molecule has 2 aromatic rings. The number of ether oxygens (including phenoxy) is 1. The molecule has 0 spiro atoms. The van der Waals surface area contributed by atoms with Crippen LogP contribution in [0.4, 0.5) is 0 Å². The summed E-state index contributed by atoms with van der Waals surface area (Å²) in [4.78, 5) is 12.5. The van der Waals surface area contributed by atoms with Crippen LogP contribution in [0.25, 0.3) is 0 Å². The third kappa shape index (κ3) is 6.13. The summed E-state index contributed by atoms with van der Waals surface area (Å²) in [5.41, 5.74) is 1.29. The molecule has 0 radical (unpaired) electrons. The minimum Gasteiger partial charge on any atom is -0.452 e. The van der Waals surface area contributed by atoms with Gasteiger partial charge in [-0.15, -0.1) is 0 Å². The van der Waals surface area contributed by atoms with E-state index in [0.717, 1.165) is 10.0 Å². The van der Waals surface area contributed by atoms with Gasteiger partial charge in [0.05, 0.1) is 27.3 Å². The molecule has 0 saturated carbocycles. The zero-order valence-electron chi connectivity index (χ0n) is 15.6. The van der Waals surface area contributed by atoms with Gasteiger partial charge in [-0.3, -0.25) is 0 Å². The number of carbonyl (C=O) groups is 1. The summed E-state index contributed by atoms with van der Waals surface area (Å²) in [7, 11) is -1.36. The van der Waals surface area contributed by atoms with Crippen molar-refractivity contribution in [1.29, 1.82) is 0 Å². The highest BCUT2D eigenvalue weighted by molar-refractivity contribution is 9.10. The van der Waals surface area contributed by atoms with Gasteiger partial charge < -0.3 is 4.74 Å². The Kier molecular flexibility index (Phi) is 7.53. The summed E-state index contributed by atoms with van der Waals surface area (Å²) in [5.74, 6) is -0.455. The fourth-order valence-corrected chi connectivity index (χ4v) is 3.61. The molecule has 0 amide bonds. The van der Waals surface area contributed by atoms with Gasteiger partial charge >= 0.3 is 5.97 Å². The SMILES string of the molecule is C=C[C@@H](OC(=O)c1ccccc1)[C@@H](NS(=O)C(C)(C)C)c1cccc(Br)c1. The van der Waals surface area contributed by atoms with E-state index in [2.05, 4.69) is 27.2 Å². The minimum absolute atomic E-state index is 0.453. The average molecular weight is 450 g/mol. The second-order valence-electron chi connectivity index (χ2n) is 7.00. The molecule has 1 N–H and O–H groups in total. The van der Waals surface area contributed by atoms with E-state index in [0.29, 0.717) is 5.56 Å². The summed E-state index contributed by atoms with van der Waals surface area (Å²) in [6, 6.07) is 15.9. The second kappa shape index (κ2) is 9.44. The first-order valence-corrected chi connectivity index (χ1v) is 10.5. The minimum atomic E-state index is -1.36. The molecule has 0 saturated heterocycles. The van der Waals surface area contributed by atoms with Crippen molar-refractivity contribution in [2.45, 2.75) is 37.7 Å². The Morgan fingerprint density at radius 1 is 1.19 bits per heavy atom. The Balaban J connectivity index is 2.33. The van der Waals surface area contributed by atoms with Gasteiger partial charge in [0.1, 0.15) is 6.10 Å². The third-order valence-electron chi connectivity index (χ3n) is 3.81. The third-order valence-corrected chi connectivity index (χ3v) is 5.89. The number of hydrogen-bond acceptors (Lipinski definition) is 3. The lowest BCUT2D eigenvalue weighted by Gasteiger charge is -2.29. The molecule has 6 heteroatoms. The van der Waals surface area contributed by atoms with E-state index < -0.39 is 33.8 Å². The maximum Gasteiger partial charge on any atom is 0.338 e. The number of nitrogens with one attached hydrogen (secondary N) is 1. The molecule has 144 valence electrons. The molecule has 3 atom stereocenters. The second-order valence-corrected chi connectivity index (χ2v) is 9.92. The summed E-state index contributed by atoms with van der Waals surface area (Å²) < 4.78 is 21.9. The van der Waals surface area contributed by atoms with Gasteiger partial charge in [-0.1, -0.05) is 52.8 Å². The Bertz CT molecular complexity index is 818. The molecule has 4 nitrogen and oxygen atoms in total. The molecule has 2 aromatic carbocycles. The predicted octanol–water partition coefficient (Wildman–Crippen LogP) is 4.95. The molecule has 0 aliphatic heterocycles. The van der Waals surface area contributed by atoms with Crippen LogP contribution in [0.2, 0.25) is 0 Å². The van der Waals surface area contributed by atoms with Crippen molar-refractivity contribution in [3.8, 4) is 0 Å². The van der Waals surface area contributed by atoms with Gasteiger partial charge in [0.2, 0.25) is 0 Å². The number of carbonyl (C=O) groups excluding carboxylic acids is 1. The fourth-order valence-electron chi connectivity index (χ4n) is 2.34. The van der Waals surface area contributed by atoms with Gasteiger partial charge in [0.25, 0.3) is 0 Å². The van der Waals surface area contributed by atoms with E-state index in [4.69, 9.17) is 4.74 Å². The Hall–Kier alpha value is -1.76. The molecule has 0 aliphatic rings. The average Bonchev–Trinajstić information content (AvgIpc) is 2.64. The van der Waals surface area contributed by atoms with Crippen LogP contribution in [0.3, 0.4) is 0 Å². The summed E-state index contributed by atoms with van der Waals surface area (Å²) in [6.45, 7) is 9.46. The lowest BCUT2D eigenvalue weighted by molar-refractivity contribution is 0.0336. The lowest BCUT2D eigenvalue weighted by atomic mass is 10.0. The lowest BCUT2D eigenvalue weighted by Crippen LogP contribution is -2.41. The van der Waals surface area contributed by atoms with Crippen LogP contribution in [0.15, 0.2) is 71.7 Å². The molecule has 0 heterocycles. The molecule has 0 aliphatic carbocycles. The van der Waals surface area contributed by atoms with Gasteiger partial charge in [-0.25, -0.2) is 13.7 Å². The molecule has 0 bridgehead atoms. The van der Waals surface area contributed by atoms with E-state index in [-0.39, 0.29) is 0 Å². The normalized spacial score (nSPS) is 14.8. The van der Waals surface area contributed by atoms with Crippen molar-refractivity contribution in [1.82, 2.24) is 4.72 Å². The van der Waals surface area contributed by atoms with Gasteiger partial charge in [-0.2, -0.15) is 0 Å². The Labute approximate surface area is 171 Å². The number of hydrogen-bond donors (Lipinski definition) is 1. The van der Waals surface area contributed by atoms with Gasteiger partial charge in [0, 0.05) is 4.47 Å². The van der Waals surface area contributed by atoms with Gasteiger partial charge in [-0.05, 0) is 56.7 Å². The maximum absolute atomic E-state index is 12.7. The highest BCUT2D eigenvalue weighted by Crippen LogP contribution is 2.26. The highest BCUT2D eigenvalue weighted by Gasteiger charge is 2.30. The fraction of sp³-hybridized carbons (Fsp3) is 0.286. The summed E-state index contributed by atoms with van der Waals surface area (Å²) in [5, 5.41) is 0. The number of rotatable bonds is 7. The topological polar surface area (TPSA) is 55.4 Å². The molecule has 27 heavy (non-hydrogen) atoms. The van der Waals surface area contributed by atoms with Crippen molar-refractivity contribution in [2.24, 2.45) is 0 Å².